The molecule has 4 rings (SSSR count). The zero-order valence-corrected chi connectivity index (χ0v) is 16.0. The second-order valence-electron chi connectivity index (χ2n) is 7.56. The minimum atomic E-state index is -0.886. The highest BCUT2D eigenvalue weighted by Crippen LogP contribution is 2.46. The molecule has 0 spiro atoms. The maximum atomic E-state index is 12.7. The number of benzene rings is 2. The van der Waals surface area contributed by atoms with Gasteiger partial charge in [0.1, 0.15) is 5.41 Å². The molecule has 2 amide bonds. The van der Waals surface area contributed by atoms with E-state index < -0.39 is 5.41 Å². The Morgan fingerprint density at radius 1 is 0.964 bits per heavy atom. The van der Waals surface area contributed by atoms with Crippen molar-refractivity contribution in [2.45, 2.75) is 32.7 Å². The lowest BCUT2D eigenvalue weighted by molar-refractivity contribution is -0.137. The average Bonchev–Trinajstić information content (AvgIpc) is 3.43. The van der Waals surface area contributed by atoms with Crippen molar-refractivity contribution in [3.63, 3.8) is 0 Å². The topological polar surface area (TPSA) is 74.0 Å². The molecule has 0 radical (unpaired) electrons. The Labute approximate surface area is 164 Å². The fourth-order valence-electron chi connectivity index (χ4n) is 3.65. The third kappa shape index (κ3) is 3.52. The van der Waals surface area contributed by atoms with Crippen molar-refractivity contribution in [2.75, 3.05) is 6.54 Å². The fraction of sp³-hybridized carbons (Fsp3) is 0.304. The van der Waals surface area contributed by atoms with E-state index in [1.807, 2.05) is 55.6 Å². The number of nitrogens with one attached hydrogen (secondary N) is 3. The van der Waals surface area contributed by atoms with Gasteiger partial charge in [-0.3, -0.25) is 9.59 Å². The van der Waals surface area contributed by atoms with Crippen LogP contribution < -0.4 is 10.6 Å². The highest BCUT2D eigenvalue weighted by Gasteiger charge is 2.56. The van der Waals surface area contributed by atoms with Gasteiger partial charge in [-0.1, -0.05) is 42.5 Å². The van der Waals surface area contributed by atoms with Gasteiger partial charge in [0.2, 0.25) is 11.8 Å². The van der Waals surface area contributed by atoms with Crippen LogP contribution in [0.15, 0.2) is 54.7 Å². The van der Waals surface area contributed by atoms with Crippen LogP contribution in [-0.2, 0) is 22.6 Å². The van der Waals surface area contributed by atoms with E-state index in [4.69, 9.17) is 0 Å². The molecule has 1 aliphatic rings. The summed E-state index contributed by atoms with van der Waals surface area (Å²) in [5.74, 6) is -0.324. The van der Waals surface area contributed by atoms with Crippen molar-refractivity contribution < 1.29 is 9.59 Å². The third-order valence-electron chi connectivity index (χ3n) is 5.67. The summed E-state index contributed by atoms with van der Waals surface area (Å²) in [6.45, 7) is 3.00. The molecule has 0 bridgehead atoms. The quantitative estimate of drug-likeness (QED) is 0.555. The number of amides is 2. The smallest absolute Gasteiger partial charge is 0.235 e. The van der Waals surface area contributed by atoms with Gasteiger partial charge in [0.25, 0.3) is 0 Å². The van der Waals surface area contributed by atoms with Crippen molar-refractivity contribution in [1.29, 1.82) is 0 Å². The molecule has 5 nitrogen and oxygen atoms in total. The van der Waals surface area contributed by atoms with Gasteiger partial charge in [-0.2, -0.15) is 0 Å². The second kappa shape index (κ2) is 7.50. The zero-order chi connectivity index (χ0) is 19.6. The number of hydrogen-bond acceptors (Lipinski definition) is 2. The first-order valence-electron chi connectivity index (χ1n) is 9.76. The Morgan fingerprint density at radius 3 is 2.46 bits per heavy atom. The van der Waals surface area contributed by atoms with Crippen LogP contribution >= 0.6 is 0 Å². The molecular weight excluding hydrogens is 350 g/mol. The normalized spacial score (nSPS) is 14.6. The molecular formula is C23H25N3O2. The number of carbonyl (C=O) groups is 2. The van der Waals surface area contributed by atoms with Gasteiger partial charge in [-0.25, -0.2) is 0 Å². The van der Waals surface area contributed by atoms with Gasteiger partial charge in [0.15, 0.2) is 0 Å². The molecule has 0 aliphatic heterocycles. The van der Waals surface area contributed by atoms with E-state index in [2.05, 4.69) is 21.7 Å². The molecule has 2 aromatic carbocycles. The van der Waals surface area contributed by atoms with Crippen molar-refractivity contribution in [3.8, 4) is 0 Å². The van der Waals surface area contributed by atoms with Crippen LogP contribution in [0.4, 0.5) is 0 Å². The summed E-state index contributed by atoms with van der Waals surface area (Å²) in [7, 11) is 0. The van der Waals surface area contributed by atoms with Gasteiger partial charge in [0, 0.05) is 30.2 Å². The lowest BCUT2D eigenvalue weighted by Gasteiger charge is -2.16. The molecule has 1 aromatic heterocycles. The van der Waals surface area contributed by atoms with E-state index in [1.165, 1.54) is 10.9 Å². The molecule has 1 fully saturated rings. The molecule has 144 valence electrons. The van der Waals surface area contributed by atoms with Crippen LogP contribution in [0.5, 0.6) is 0 Å². The number of fused-ring (bicyclic) bond motifs is 1. The van der Waals surface area contributed by atoms with Crippen LogP contribution in [0, 0.1) is 12.3 Å². The fourth-order valence-corrected chi connectivity index (χ4v) is 3.65. The van der Waals surface area contributed by atoms with Gasteiger partial charge in [0.05, 0.1) is 0 Å². The summed E-state index contributed by atoms with van der Waals surface area (Å²) < 4.78 is 0. The van der Waals surface area contributed by atoms with Crippen LogP contribution in [0.3, 0.4) is 0 Å². The monoisotopic (exact) mass is 375 g/mol. The molecule has 0 atom stereocenters. The van der Waals surface area contributed by atoms with E-state index >= 15 is 0 Å². The van der Waals surface area contributed by atoms with E-state index in [1.54, 1.807) is 0 Å². The van der Waals surface area contributed by atoms with Crippen LogP contribution in [0.2, 0.25) is 0 Å². The van der Waals surface area contributed by atoms with E-state index in [0.717, 1.165) is 23.1 Å². The Bertz CT molecular complexity index is 1020. The van der Waals surface area contributed by atoms with Crippen LogP contribution in [0.1, 0.15) is 29.5 Å². The maximum Gasteiger partial charge on any atom is 0.235 e. The van der Waals surface area contributed by atoms with Crippen molar-refractivity contribution in [3.05, 3.63) is 71.4 Å². The average molecular weight is 375 g/mol. The lowest BCUT2D eigenvalue weighted by Crippen LogP contribution is -2.43. The zero-order valence-electron chi connectivity index (χ0n) is 16.0. The Balaban J connectivity index is 1.31. The molecule has 3 N–H and O–H groups in total. The minimum Gasteiger partial charge on any atom is -0.361 e. The van der Waals surface area contributed by atoms with E-state index in [0.29, 0.717) is 25.9 Å². The molecule has 28 heavy (non-hydrogen) atoms. The SMILES string of the molecule is Cc1ccccc1CNC(=O)C1(C(=O)NCCc2c[nH]c3ccccc23)CC1. The van der Waals surface area contributed by atoms with Crippen molar-refractivity contribution >= 4 is 22.7 Å². The molecule has 3 aromatic rings. The second-order valence-corrected chi connectivity index (χ2v) is 7.56. The molecule has 1 aliphatic carbocycles. The van der Waals surface area contributed by atoms with Gasteiger partial charge in [-0.05, 0) is 48.9 Å². The number of aromatic amines is 1. The highest BCUT2D eigenvalue weighted by molar-refractivity contribution is 6.07. The number of aryl methyl sites for hydroxylation is 1. The molecule has 0 saturated heterocycles. The number of para-hydroxylation sites is 1. The summed E-state index contributed by atoms with van der Waals surface area (Å²) in [5.41, 5.74) is 3.59. The molecule has 5 heteroatoms. The predicted octanol–water partition coefficient (Wildman–Crippen LogP) is 3.23. The van der Waals surface area contributed by atoms with E-state index in [9.17, 15) is 9.59 Å². The molecule has 1 heterocycles. The first kappa shape index (κ1) is 18.3. The predicted molar refractivity (Wildman–Crippen MR) is 110 cm³/mol. The Kier molecular flexibility index (Phi) is 4.90. The number of aromatic nitrogens is 1. The molecule has 0 unspecified atom stereocenters. The van der Waals surface area contributed by atoms with E-state index in [-0.39, 0.29) is 11.8 Å². The number of hydrogen-bond donors (Lipinski definition) is 3. The van der Waals surface area contributed by atoms with Crippen molar-refractivity contribution in [2.24, 2.45) is 5.41 Å². The summed E-state index contributed by atoms with van der Waals surface area (Å²) in [5, 5.41) is 7.09. The largest absolute Gasteiger partial charge is 0.361 e. The summed E-state index contributed by atoms with van der Waals surface area (Å²) in [6, 6.07) is 16.1. The first-order valence-corrected chi connectivity index (χ1v) is 9.76. The Hall–Kier alpha value is -3.08. The summed E-state index contributed by atoms with van der Waals surface area (Å²) in [6.07, 6.45) is 3.95. The summed E-state index contributed by atoms with van der Waals surface area (Å²) >= 11 is 0. The van der Waals surface area contributed by atoms with Crippen LogP contribution in [0.25, 0.3) is 10.9 Å². The maximum absolute atomic E-state index is 12.7. The summed E-state index contributed by atoms with van der Waals surface area (Å²) in [4.78, 5) is 28.5. The first-order chi connectivity index (χ1) is 13.6. The van der Waals surface area contributed by atoms with Gasteiger partial charge >= 0.3 is 0 Å². The van der Waals surface area contributed by atoms with Crippen molar-refractivity contribution in [1.82, 2.24) is 15.6 Å². The van der Waals surface area contributed by atoms with Crippen LogP contribution in [-0.4, -0.2) is 23.3 Å². The van der Waals surface area contributed by atoms with Gasteiger partial charge in [-0.15, -0.1) is 0 Å². The van der Waals surface area contributed by atoms with Gasteiger partial charge < -0.3 is 15.6 Å². The third-order valence-corrected chi connectivity index (χ3v) is 5.67. The standard InChI is InChI=1S/C23H25N3O2/c1-16-6-2-3-7-17(16)14-26-22(28)23(11-12-23)21(27)24-13-10-18-15-25-20-9-5-4-8-19(18)20/h2-9,15,25H,10-14H2,1H3,(H,24,27)(H,26,28). The number of H-pyrrole nitrogens is 1. The number of carbonyl (C=O) groups excluding carboxylic acids is 2. The lowest BCUT2D eigenvalue weighted by atomic mass is 10.0. The highest BCUT2D eigenvalue weighted by atomic mass is 16.2. The Morgan fingerprint density at radius 2 is 1.68 bits per heavy atom. The molecule has 1 saturated carbocycles. The minimum absolute atomic E-state index is 0.158. The number of rotatable bonds is 7.